The van der Waals surface area contributed by atoms with Crippen molar-refractivity contribution in [2.75, 3.05) is 25.9 Å². The molecule has 1 heterocycles. The second-order valence-corrected chi connectivity index (χ2v) is 12.0. The van der Waals surface area contributed by atoms with Gasteiger partial charge in [-0.1, -0.05) is 48.9 Å². The minimum absolute atomic E-state index is 0.0158. The highest BCUT2D eigenvalue weighted by molar-refractivity contribution is 7.91. The Morgan fingerprint density at radius 3 is 2.30 bits per heavy atom. The summed E-state index contributed by atoms with van der Waals surface area (Å²) in [6.45, 7) is 4.19. The van der Waals surface area contributed by atoms with Crippen LogP contribution in [-0.2, 0) is 19.9 Å². The molecule has 30 heavy (non-hydrogen) atoms. The molecule has 9 heteroatoms. The lowest BCUT2D eigenvalue weighted by Gasteiger charge is -2.37. The van der Waals surface area contributed by atoms with Crippen LogP contribution in [0.3, 0.4) is 0 Å². The van der Waals surface area contributed by atoms with E-state index < -0.39 is 19.9 Å². The average Bonchev–Trinajstić information content (AvgIpc) is 2.69. The Morgan fingerprint density at radius 2 is 1.70 bits per heavy atom. The quantitative estimate of drug-likeness (QED) is 0.669. The predicted octanol–water partition coefficient (Wildman–Crippen LogP) is 3.50. The van der Waals surface area contributed by atoms with Crippen LogP contribution in [0.5, 0.6) is 0 Å². The van der Waals surface area contributed by atoms with Crippen LogP contribution in [-0.4, -0.2) is 47.6 Å². The second kappa shape index (κ2) is 9.36. The first-order valence-electron chi connectivity index (χ1n) is 9.86. The topological polar surface area (TPSA) is 83.6 Å². The molecule has 6 nitrogen and oxygen atoms in total. The van der Waals surface area contributed by atoms with Crippen LogP contribution in [0.2, 0.25) is 5.02 Å². The van der Waals surface area contributed by atoms with Crippen molar-refractivity contribution < 1.29 is 16.8 Å². The monoisotopic (exact) mass is 470 g/mol. The smallest absolute Gasteiger partial charge is 0.242 e. The summed E-state index contributed by atoms with van der Waals surface area (Å²) in [5.74, 6) is 0.659. The Balaban J connectivity index is 1.86. The third kappa shape index (κ3) is 5.62. The van der Waals surface area contributed by atoms with Gasteiger partial charge in [0.25, 0.3) is 0 Å². The highest BCUT2D eigenvalue weighted by Gasteiger charge is 2.27. The van der Waals surface area contributed by atoms with E-state index in [1.54, 1.807) is 0 Å². The molecule has 0 aromatic heterocycles. The molecule has 0 aliphatic carbocycles. The molecule has 1 N–H and O–H groups in total. The largest absolute Gasteiger partial charge is 0.295 e. The third-order valence-electron chi connectivity index (χ3n) is 5.53. The van der Waals surface area contributed by atoms with Gasteiger partial charge in [-0.3, -0.25) is 4.90 Å². The van der Waals surface area contributed by atoms with Crippen LogP contribution in [0.4, 0.5) is 0 Å². The molecule has 0 bridgehead atoms. The molecule has 2 aromatic carbocycles. The molecule has 1 saturated heterocycles. The highest BCUT2D eigenvalue weighted by Crippen LogP contribution is 2.28. The van der Waals surface area contributed by atoms with Crippen molar-refractivity contribution in [3.05, 3.63) is 59.1 Å². The number of likely N-dealkylation sites (tertiary alicyclic amines) is 1. The summed E-state index contributed by atoms with van der Waals surface area (Å²) in [7, 11) is -7.56. The predicted molar refractivity (Wildman–Crippen MR) is 119 cm³/mol. The van der Waals surface area contributed by atoms with Gasteiger partial charge < -0.3 is 0 Å². The molecule has 0 amide bonds. The van der Waals surface area contributed by atoms with Crippen molar-refractivity contribution in [3.63, 3.8) is 0 Å². The van der Waals surface area contributed by atoms with Crippen molar-refractivity contribution in [1.29, 1.82) is 0 Å². The standard InChI is InChI=1S/C21H27ClN2O4S2/c1-16-10-12-24(13-11-16)20(17-6-4-3-5-7-17)15-23-30(27,28)21-14-18(29(2,25)26)8-9-19(21)22/h3-9,14,16,20,23H,10-13,15H2,1-2H3. The molecular formula is C21H27ClN2O4S2. The molecule has 0 spiro atoms. The number of halogens is 1. The first-order valence-corrected chi connectivity index (χ1v) is 13.6. The molecular weight excluding hydrogens is 444 g/mol. The molecule has 2 aromatic rings. The van der Waals surface area contributed by atoms with Gasteiger partial charge in [0.2, 0.25) is 10.0 Å². The van der Waals surface area contributed by atoms with E-state index in [0.29, 0.717) is 5.92 Å². The first-order chi connectivity index (χ1) is 14.1. The molecule has 3 rings (SSSR count). The number of nitrogens with zero attached hydrogens (tertiary/aromatic N) is 1. The van der Waals surface area contributed by atoms with Gasteiger partial charge >= 0.3 is 0 Å². The van der Waals surface area contributed by atoms with Crippen LogP contribution in [0, 0.1) is 5.92 Å². The van der Waals surface area contributed by atoms with Crippen molar-refractivity contribution in [2.45, 2.75) is 35.6 Å². The third-order valence-corrected chi connectivity index (χ3v) is 8.55. The first kappa shape index (κ1) is 23.2. The van der Waals surface area contributed by atoms with Gasteiger partial charge in [0.05, 0.1) is 9.92 Å². The Labute approximate surface area is 184 Å². The summed E-state index contributed by atoms with van der Waals surface area (Å²) >= 11 is 6.10. The van der Waals surface area contributed by atoms with Crippen LogP contribution in [0.1, 0.15) is 31.4 Å². The molecule has 1 atom stereocenters. The summed E-state index contributed by atoms with van der Waals surface area (Å²) < 4.78 is 52.3. The number of piperidine rings is 1. The number of nitrogens with one attached hydrogen (secondary N) is 1. The van der Waals surface area contributed by atoms with Gasteiger partial charge in [0.1, 0.15) is 4.90 Å². The van der Waals surface area contributed by atoms with Crippen LogP contribution in [0.25, 0.3) is 0 Å². The van der Waals surface area contributed by atoms with Crippen molar-refractivity contribution in [1.82, 2.24) is 9.62 Å². The molecule has 0 saturated carbocycles. The van der Waals surface area contributed by atoms with E-state index in [1.165, 1.54) is 12.1 Å². The van der Waals surface area contributed by atoms with Gasteiger partial charge in [0.15, 0.2) is 9.84 Å². The Hall–Kier alpha value is -1.45. The normalized spacial score (nSPS) is 17.7. The molecule has 1 unspecified atom stereocenters. The van der Waals surface area contributed by atoms with E-state index in [9.17, 15) is 16.8 Å². The van der Waals surface area contributed by atoms with Crippen LogP contribution >= 0.6 is 11.6 Å². The maximum absolute atomic E-state index is 13.0. The Morgan fingerprint density at radius 1 is 1.07 bits per heavy atom. The van der Waals surface area contributed by atoms with E-state index in [4.69, 9.17) is 11.6 Å². The zero-order valence-corrected chi connectivity index (χ0v) is 19.5. The number of sulfonamides is 1. The fraction of sp³-hybridized carbons (Fsp3) is 0.429. The van der Waals surface area contributed by atoms with Gasteiger partial charge in [-0.25, -0.2) is 21.6 Å². The van der Waals surface area contributed by atoms with E-state index in [2.05, 4.69) is 16.5 Å². The molecule has 164 valence electrons. The lowest BCUT2D eigenvalue weighted by Crippen LogP contribution is -2.42. The maximum Gasteiger partial charge on any atom is 0.242 e. The zero-order chi connectivity index (χ0) is 21.9. The fourth-order valence-electron chi connectivity index (χ4n) is 3.66. The lowest BCUT2D eigenvalue weighted by atomic mass is 9.96. The van der Waals surface area contributed by atoms with E-state index >= 15 is 0 Å². The molecule has 1 aliphatic rings. The number of sulfone groups is 1. The van der Waals surface area contributed by atoms with E-state index in [1.807, 2.05) is 30.3 Å². The Kier molecular flexibility index (Phi) is 7.24. The van der Waals surface area contributed by atoms with Crippen LogP contribution in [0.15, 0.2) is 58.3 Å². The number of hydrogen-bond donors (Lipinski definition) is 1. The van der Waals surface area contributed by atoms with E-state index in [-0.39, 0.29) is 27.4 Å². The minimum atomic E-state index is -4.00. The van der Waals surface area contributed by atoms with Gasteiger partial charge in [-0.05, 0) is 55.6 Å². The summed E-state index contributed by atoms with van der Waals surface area (Å²) in [6, 6.07) is 13.4. The van der Waals surface area contributed by atoms with Crippen molar-refractivity contribution in [2.24, 2.45) is 5.92 Å². The van der Waals surface area contributed by atoms with Gasteiger partial charge in [-0.15, -0.1) is 0 Å². The van der Waals surface area contributed by atoms with Gasteiger partial charge in [-0.2, -0.15) is 0 Å². The Bertz CT molecular complexity index is 1080. The SMILES string of the molecule is CC1CCN(C(CNS(=O)(=O)c2cc(S(C)(=O)=O)ccc2Cl)c2ccccc2)CC1. The summed E-state index contributed by atoms with van der Waals surface area (Å²) in [5.41, 5.74) is 1.03. The number of rotatable bonds is 7. The van der Waals surface area contributed by atoms with E-state index in [0.717, 1.165) is 43.8 Å². The summed E-state index contributed by atoms with van der Waals surface area (Å²) in [6.07, 6.45) is 3.17. The summed E-state index contributed by atoms with van der Waals surface area (Å²) in [4.78, 5) is 1.98. The fourth-order valence-corrected chi connectivity index (χ4v) is 5.94. The molecule has 0 radical (unpaired) electrons. The minimum Gasteiger partial charge on any atom is -0.295 e. The zero-order valence-electron chi connectivity index (χ0n) is 17.1. The molecule has 1 aliphatic heterocycles. The lowest BCUT2D eigenvalue weighted by molar-refractivity contribution is 0.139. The second-order valence-electron chi connectivity index (χ2n) is 7.86. The number of hydrogen-bond acceptors (Lipinski definition) is 5. The van der Waals surface area contributed by atoms with Gasteiger partial charge in [0, 0.05) is 18.8 Å². The van der Waals surface area contributed by atoms with Crippen molar-refractivity contribution in [3.8, 4) is 0 Å². The molecule has 1 fully saturated rings. The van der Waals surface area contributed by atoms with Crippen LogP contribution < -0.4 is 4.72 Å². The summed E-state index contributed by atoms with van der Waals surface area (Å²) in [5, 5.41) is -0.0158. The average molecular weight is 471 g/mol. The highest BCUT2D eigenvalue weighted by atomic mass is 35.5. The van der Waals surface area contributed by atoms with Crippen molar-refractivity contribution >= 4 is 31.5 Å². The maximum atomic E-state index is 13.0. The number of benzene rings is 2.